The number of nitrogens with one attached hydrogen (secondary N) is 3. The summed E-state index contributed by atoms with van der Waals surface area (Å²) >= 11 is 0. The summed E-state index contributed by atoms with van der Waals surface area (Å²) in [5.41, 5.74) is 9.98. The number of nitrogens with zero attached hydrogens (tertiary/aromatic N) is 4. The second kappa shape index (κ2) is 8.78. The fourth-order valence-corrected chi connectivity index (χ4v) is 2.29. The Labute approximate surface area is 150 Å². The number of hydrogen-bond donors (Lipinski definition) is 4. The predicted molar refractivity (Wildman–Crippen MR) is 95.3 cm³/mol. The summed E-state index contributed by atoms with van der Waals surface area (Å²) in [5, 5.41) is 11.8. The highest BCUT2D eigenvalue weighted by Crippen LogP contribution is 2.23. The van der Waals surface area contributed by atoms with Gasteiger partial charge in [0.15, 0.2) is 5.82 Å². The molecule has 1 aliphatic heterocycles. The molecule has 1 aromatic carbocycles. The summed E-state index contributed by atoms with van der Waals surface area (Å²) in [7, 11) is 0. The third-order valence-corrected chi connectivity index (χ3v) is 3.55. The minimum Gasteiger partial charge on any atom is -0.335 e. The van der Waals surface area contributed by atoms with E-state index in [1.54, 1.807) is 25.3 Å². The Kier molecular flexibility index (Phi) is 7.36. The van der Waals surface area contributed by atoms with Crippen molar-refractivity contribution in [3.63, 3.8) is 0 Å². The maximum absolute atomic E-state index is 13.0. The maximum atomic E-state index is 13.0. The number of rotatable bonds is 4. The number of nitrogens with two attached hydrogens (primary N) is 1. The molecular weight excluding hydrogens is 358 g/mol. The molecule has 132 valence electrons. The van der Waals surface area contributed by atoms with Gasteiger partial charge in [0.1, 0.15) is 5.82 Å². The Morgan fingerprint density at radius 3 is 2.67 bits per heavy atom. The largest absolute Gasteiger partial charge is 0.335 e. The number of hydrazone groups is 1. The first-order valence-corrected chi connectivity index (χ1v) is 6.85. The normalized spacial score (nSPS) is 19.8. The number of hydrazine groups is 1. The zero-order valence-electron chi connectivity index (χ0n) is 12.8. The van der Waals surface area contributed by atoms with Crippen molar-refractivity contribution in [2.75, 3.05) is 17.8 Å². The lowest BCUT2D eigenvalue weighted by atomic mass is 9.96. The zero-order valence-corrected chi connectivity index (χ0v) is 14.4. The standard InChI is InChI=1S/C13H17FN8.2ClH/c1-8-18-21-13(22(8)15)20-17-7-10-6-16-19-12(10)9-2-4-11(14)5-3-9;;/h2-5,7,10,12,16,19H,6,15H2,1H3,(H,20,21);2*1H/b17-7+;;. The summed E-state index contributed by atoms with van der Waals surface area (Å²) in [6.45, 7) is 2.46. The molecule has 0 radical (unpaired) electrons. The molecule has 2 atom stereocenters. The molecule has 1 aromatic heterocycles. The predicted octanol–water partition coefficient (Wildman–Crippen LogP) is 1.15. The minimum atomic E-state index is -0.251. The van der Waals surface area contributed by atoms with Crippen molar-refractivity contribution < 1.29 is 4.39 Å². The molecule has 0 bridgehead atoms. The molecule has 0 saturated carbocycles. The van der Waals surface area contributed by atoms with Crippen LogP contribution in [0.15, 0.2) is 29.4 Å². The summed E-state index contributed by atoms with van der Waals surface area (Å²) in [4.78, 5) is 0. The van der Waals surface area contributed by atoms with Crippen LogP contribution in [0.4, 0.5) is 10.3 Å². The summed E-state index contributed by atoms with van der Waals surface area (Å²) in [6, 6.07) is 6.43. The number of anilines is 1. The van der Waals surface area contributed by atoms with Crippen molar-refractivity contribution in [2.45, 2.75) is 13.0 Å². The molecule has 2 aromatic rings. The molecule has 1 fully saturated rings. The van der Waals surface area contributed by atoms with Gasteiger partial charge in [0, 0.05) is 18.7 Å². The van der Waals surface area contributed by atoms with Crippen molar-refractivity contribution in [2.24, 2.45) is 11.0 Å². The SMILES string of the molecule is Cc1nnc(N/N=C/C2CNNC2c2ccc(F)cc2)n1N.Cl.Cl. The second-order valence-electron chi connectivity index (χ2n) is 5.05. The molecule has 24 heavy (non-hydrogen) atoms. The lowest BCUT2D eigenvalue weighted by Crippen LogP contribution is -2.25. The van der Waals surface area contributed by atoms with Gasteiger partial charge in [0.25, 0.3) is 5.95 Å². The van der Waals surface area contributed by atoms with E-state index in [2.05, 4.69) is 31.6 Å². The number of benzene rings is 1. The van der Waals surface area contributed by atoms with Gasteiger partial charge in [-0.3, -0.25) is 5.43 Å². The Morgan fingerprint density at radius 1 is 1.33 bits per heavy atom. The van der Waals surface area contributed by atoms with Gasteiger partial charge in [0.2, 0.25) is 0 Å². The van der Waals surface area contributed by atoms with E-state index in [9.17, 15) is 4.39 Å². The zero-order chi connectivity index (χ0) is 15.5. The van der Waals surface area contributed by atoms with Crippen LogP contribution < -0.4 is 22.1 Å². The van der Waals surface area contributed by atoms with Crippen LogP contribution in [0.25, 0.3) is 0 Å². The van der Waals surface area contributed by atoms with Crippen molar-refractivity contribution in [1.82, 2.24) is 25.7 Å². The van der Waals surface area contributed by atoms with Gasteiger partial charge in [-0.1, -0.05) is 12.1 Å². The van der Waals surface area contributed by atoms with E-state index in [0.717, 1.165) is 5.56 Å². The highest BCUT2D eigenvalue weighted by Gasteiger charge is 2.26. The molecule has 0 spiro atoms. The molecule has 2 heterocycles. The number of aryl methyl sites for hydroxylation is 1. The number of halogens is 3. The lowest BCUT2D eigenvalue weighted by molar-refractivity contribution is 0.554. The van der Waals surface area contributed by atoms with Crippen LogP contribution in [0.5, 0.6) is 0 Å². The molecule has 8 nitrogen and oxygen atoms in total. The van der Waals surface area contributed by atoms with Crippen molar-refractivity contribution in [1.29, 1.82) is 0 Å². The number of hydrogen-bond acceptors (Lipinski definition) is 7. The van der Waals surface area contributed by atoms with E-state index in [1.807, 2.05) is 0 Å². The Balaban J connectivity index is 0.00000144. The van der Waals surface area contributed by atoms with Crippen molar-refractivity contribution in [3.8, 4) is 0 Å². The van der Waals surface area contributed by atoms with E-state index in [0.29, 0.717) is 18.3 Å². The van der Waals surface area contributed by atoms with E-state index >= 15 is 0 Å². The lowest BCUT2D eigenvalue weighted by Gasteiger charge is -2.15. The molecule has 11 heteroatoms. The van der Waals surface area contributed by atoms with Crippen LogP contribution >= 0.6 is 24.8 Å². The van der Waals surface area contributed by atoms with Gasteiger partial charge in [-0.15, -0.1) is 35.0 Å². The third kappa shape index (κ3) is 4.32. The third-order valence-electron chi connectivity index (χ3n) is 3.55. The van der Waals surface area contributed by atoms with E-state index in [1.165, 1.54) is 16.8 Å². The summed E-state index contributed by atoms with van der Waals surface area (Å²) in [5.74, 6) is 6.53. The fourth-order valence-electron chi connectivity index (χ4n) is 2.29. The van der Waals surface area contributed by atoms with Gasteiger partial charge in [-0.05, 0) is 24.6 Å². The Bertz CT molecular complexity index is 675. The molecule has 5 N–H and O–H groups in total. The van der Waals surface area contributed by atoms with Crippen LogP contribution in [0.2, 0.25) is 0 Å². The van der Waals surface area contributed by atoms with Crippen LogP contribution in [-0.4, -0.2) is 27.6 Å². The molecule has 2 unspecified atom stereocenters. The monoisotopic (exact) mass is 376 g/mol. The topological polar surface area (TPSA) is 105 Å². The smallest absolute Gasteiger partial charge is 0.263 e. The Morgan fingerprint density at radius 2 is 2.04 bits per heavy atom. The van der Waals surface area contributed by atoms with E-state index in [-0.39, 0.29) is 42.6 Å². The quantitative estimate of drug-likeness (QED) is 0.362. The van der Waals surface area contributed by atoms with Gasteiger partial charge in [-0.25, -0.2) is 19.9 Å². The summed E-state index contributed by atoms with van der Waals surface area (Å²) < 4.78 is 14.3. The van der Waals surface area contributed by atoms with Gasteiger partial charge in [0.05, 0.1) is 6.04 Å². The van der Waals surface area contributed by atoms with E-state index in [4.69, 9.17) is 5.84 Å². The minimum absolute atomic E-state index is 0. The van der Waals surface area contributed by atoms with Crippen molar-refractivity contribution >= 4 is 37.0 Å². The van der Waals surface area contributed by atoms with Crippen LogP contribution in [0.1, 0.15) is 17.4 Å². The molecular formula is C13H19Cl2FN8. The molecule has 3 rings (SSSR count). The van der Waals surface area contributed by atoms with Gasteiger partial charge in [-0.2, -0.15) is 5.10 Å². The highest BCUT2D eigenvalue weighted by atomic mass is 35.5. The average molecular weight is 377 g/mol. The van der Waals surface area contributed by atoms with Crippen LogP contribution in [-0.2, 0) is 0 Å². The highest BCUT2D eigenvalue weighted by molar-refractivity contribution is 5.85. The van der Waals surface area contributed by atoms with Crippen LogP contribution in [0, 0.1) is 18.7 Å². The molecule has 0 amide bonds. The maximum Gasteiger partial charge on any atom is 0.263 e. The fraction of sp³-hybridized carbons (Fsp3) is 0.308. The summed E-state index contributed by atoms with van der Waals surface area (Å²) in [6.07, 6.45) is 1.77. The molecule has 0 aliphatic carbocycles. The first-order chi connectivity index (χ1) is 10.6. The van der Waals surface area contributed by atoms with Gasteiger partial charge >= 0.3 is 0 Å². The number of aromatic nitrogens is 3. The number of nitrogen functional groups attached to an aromatic ring is 1. The first kappa shape index (κ1) is 20.1. The molecule has 1 aliphatic rings. The van der Waals surface area contributed by atoms with Crippen LogP contribution in [0.3, 0.4) is 0 Å². The Hall–Kier alpha value is -1.94. The van der Waals surface area contributed by atoms with E-state index < -0.39 is 0 Å². The second-order valence-corrected chi connectivity index (χ2v) is 5.05. The first-order valence-electron chi connectivity index (χ1n) is 6.85. The molecule has 1 saturated heterocycles. The average Bonchev–Trinajstić information content (AvgIpc) is 3.10. The van der Waals surface area contributed by atoms with Crippen molar-refractivity contribution in [3.05, 3.63) is 41.5 Å². The van der Waals surface area contributed by atoms with Gasteiger partial charge < -0.3 is 5.84 Å².